The summed E-state index contributed by atoms with van der Waals surface area (Å²) in [7, 11) is 2.64. The van der Waals surface area contributed by atoms with Crippen molar-refractivity contribution in [3.63, 3.8) is 0 Å². The number of rotatable bonds is 3. The van der Waals surface area contributed by atoms with E-state index in [4.69, 9.17) is 9.47 Å². The fourth-order valence-corrected chi connectivity index (χ4v) is 1.93. The van der Waals surface area contributed by atoms with E-state index < -0.39 is 11.9 Å². The van der Waals surface area contributed by atoms with Gasteiger partial charge in [0.2, 0.25) is 0 Å². The smallest absolute Gasteiger partial charge is 0.338 e. The summed E-state index contributed by atoms with van der Waals surface area (Å²) in [6.45, 7) is 4.00. The van der Waals surface area contributed by atoms with Crippen LogP contribution < -0.4 is 0 Å². The minimum atomic E-state index is -0.446. The second-order valence-electron chi connectivity index (χ2n) is 4.11. The first-order chi connectivity index (χ1) is 10.7. The largest absolute Gasteiger partial charge is 0.465 e. The summed E-state index contributed by atoms with van der Waals surface area (Å²) in [5, 5.41) is 0. The molecule has 0 unspecified atom stereocenters. The number of carbonyl (C=O) groups is 2. The predicted molar refractivity (Wildman–Crippen MR) is 85.9 cm³/mol. The second kappa shape index (κ2) is 8.62. The number of ether oxygens (including phenoxy) is 2. The molecule has 0 fully saturated rings. The van der Waals surface area contributed by atoms with Crippen LogP contribution in [0.25, 0.3) is 11.1 Å². The highest BCUT2D eigenvalue weighted by Gasteiger charge is 2.16. The fraction of sp³-hybridized carbons (Fsp3) is 0.222. The molecule has 2 aromatic carbocycles. The highest BCUT2D eigenvalue weighted by Crippen LogP contribution is 2.26. The molecule has 22 heavy (non-hydrogen) atoms. The van der Waals surface area contributed by atoms with Crippen LogP contribution in [0.2, 0.25) is 0 Å². The molecule has 4 nitrogen and oxygen atoms in total. The van der Waals surface area contributed by atoms with E-state index in [2.05, 4.69) is 0 Å². The zero-order valence-corrected chi connectivity index (χ0v) is 13.3. The van der Waals surface area contributed by atoms with Crippen LogP contribution in [-0.2, 0) is 9.47 Å². The quantitative estimate of drug-likeness (QED) is 0.805. The molecule has 0 heterocycles. The van der Waals surface area contributed by atoms with E-state index in [1.165, 1.54) is 14.2 Å². The number of benzene rings is 2. The van der Waals surface area contributed by atoms with Crippen LogP contribution in [0.15, 0.2) is 48.5 Å². The van der Waals surface area contributed by atoms with Crippen molar-refractivity contribution in [3.8, 4) is 11.1 Å². The summed E-state index contributed by atoms with van der Waals surface area (Å²) < 4.78 is 9.47. The molecule has 0 N–H and O–H groups in total. The van der Waals surface area contributed by atoms with Crippen LogP contribution in [-0.4, -0.2) is 26.2 Å². The van der Waals surface area contributed by atoms with Crippen LogP contribution in [0.5, 0.6) is 0 Å². The lowest BCUT2D eigenvalue weighted by Crippen LogP contribution is -2.07. The van der Waals surface area contributed by atoms with Gasteiger partial charge in [0.05, 0.1) is 25.3 Å². The Kier molecular flexibility index (Phi) is 6.83. The molecule has 0 atom stereocenters. The third kappa shape index (κ3) is 3.95. The normalized spacial score (nSPS) is 9.27. The molecule has 2 aromatic rings. The summed E-state index contributed by atoms with van der Waals surface area (Å²) in [5.41, 5.74) is 2.27. The Labute approximate surface area is 130 Å². The molecule has 0 bridgehead atoms. The molecule has 0 saturated carbocycles. The molecule has 0 aliphatic carbocycles. The topological polar surface area (TPSA) is 52.6 Å². The first kappa shape index (κ1) is 17.4. The summed E-state index contributed by atoms with van der Waals surface area (Å²) in [6.07, 6.45) is 0. The van der Waals surface area contributed by atoms with Gasteiger partial charge in [-0.1, -0.05) is 44.2 Å². The summed E-state index contributed by atoms with van der Waals surface area (Å²) in [4.78, 5) is 23.4. The molecule has 0 spiro atoms. The summed E-state index contributed by atoms with van der Waals surface area (Å²) >= 11 is 0. The van der Waals surface area contributed by atoms with E-state index >= 15 is 0 Å². The minimum absolute atomic E-state index is 0.388. The molecule has 0 aliphatic rings. The second-order valence-corrected chi connectivity index (χ2v) is 4.11. The lowest BCUT2D eigenvalue weighted by atomic mass is 9.97. The number of hydrogen-bond donors (Lipinski definition) is 0. The van der Waals surface area contributed by atoms with Crippen molar-refractivity contribution >= 4 is 11.9 Å². The Morgan fingerprint density at radius 2 is 1.41 bits per heavy atom. The van der Waals surface area contributed by atoms with Gasteiger partial charge < -0.3 is 9.47 Å². The van der Waals surface area contributed by atoms with Gasteiger partial charge in [-0.3, -0.25) is 0 Å². The molecule has 0 radical (unpaired) electrons. The van der Waals surface area contributed by atoms with E-state index in [1.54, 1.807) is 18.2 Å². The van der Waals surface area contributed by atoms with Crippen LogP contribution in [0.4, 0.5) is 0 Å². The Morgan fingerprint density at radius 3 is 1.95 bits per heavy atom. The minimum Gasteiger partial charge on any atom is -0.465 e. The van der Waals surface area contributed by atoms with Gasteiger partial charge in [-0.25, -0.2) is 9.59 Å². The van der Waals surface area contributed by atoms with Crippen molar-refractivity contribution in [2.45, 2.75) is 13.8 Å². The monoisotopic (exact) mass is 300 g/mol. The highest BCUT2D eigenvalue weighted by atomic mass is 16.5. The van der Waals surface area contributed by atoms with E-state index in [0.29, 0.717) is 16.7 Å². The molecule has 2 rings (SSSR count). The van der Waals surface area contributed by atoms with Gasteiger partial charge in [0.25, 0.3) is 0 Å². The number of carbonyl (C=O) groups excluding carboxylic acids is 2. The average Bonchev–Trinajstić information content (AvgIpc) is 2.62. The van der Waals surface area contributed by atoms with Crippen LogP contribution in [0.1, 0.15) is 34.6 Å². The maximum absolute atomic E-state index is 11.8. The molecule has 0 aromatic heterocycles. The lowest BCUT2D eigenvalue weighted by molar-refractivity contribution is 0.0587. The van der Waals surface area contributed by atoms with Crippen molar-refractivity contribution < 1.29 is 19.1 Å². The molecule has 0 saturated heterocycles. The zero-order chi connectivity index (χ0) is 16.5. The van der Waals surface area contributed by atoms with E-state index in [9.17, 15) is 9.59 Å². The molecular formula is C18H20O4. The predicted octanol–water partition coefficient (Wildman–Crippen LogP) is 3.95. The fourth-order valence-electron chi connectivity index (χ4n) is 1.93. The van der Waals surface area contributed by atoms with Crippen LogP contribution in [0, 0.1) is 0 Å². The zero-order valence-electron chi connectivity index (χ0n) is 13.3. The Balaban J connectivity index is 0.00000116. The van der Waals surface area contributed by atoms with E-state index in [-0.39, 0.29) is 0 Å². The van der Waals surface area contributed by atoms with Gasteiger partial charge in [0.15, 0.2) is 0 Å². The van der Waals surface area contributed by atoms with Crippen LogP contribution >= 0.6 is 0 Å². The Morgan fingerprint density at radius 1 is 0.818 bits per heavy atom. The van der Waals surface area contributed by atoms with Gasteiger partial charge in [-0.15, -0.1) is 0 Å². The van der Waals surface area contributed by atoms with Crippen LogP contribution in [0.3, 0.4) is 0 Å². The van der Waals surface area contributed by atoms with Gasteiger partial charge in [-0.05, 0) is 29.3 Å². The third-order valence-corrected chi connectivity index (χ3v) is 2.93. The molecule has 0 aliphatic heterocycles. The molecule has 116 valence electrons. The first-order valence-corrected chi connectivity index (χ1v) is 7.03. The first-order valence-electron chi connectivity index (χ1n) is 7.03. The molecule has 0 amide bonds. The van der Waals surface area contributed by atoms with Gasteiger partial charge in [-0.2, -0.15) is 0 Å². The third-order valence-electron chi connectivity index (χ3n) is 2.93. The van der Waals surface area contributed by atoms with Crippen molar-refractivity contribution in [3.05, 3.63) is 59.7 Å². The average molecular weight is 300 g/mol. The van der Waals surface area contributed by atoms with Gasteiger partial charge in [0.1, 0.15) is 0 Å². The van der Waals surface area contributed by atoms with Gasteiger partial charge >= 0.3 is 11.9 Å². The highest BCUT2D eigenvalue weighted by molar-refractivity contribution is 6.00. The van der Waals surface area contributed by atoms with Gasteiger partial charge in [0, 0.05) is 0 Å². The number of methoxy groups -OCH3 is 2. The van der Waals surface area contributed by atoms with E-state index in [1.807, 2.05) is 44.2 Å². The number of esters is 2. The van der Waals surface area contributed by atoms with Crippen molar-refractivity contribution in [2.75, 3.05) is 14.2 Å². The maximum atomic E-state index is 11.8. The summed E-state index contributed by atoms with van der Waals surface area (Å²) in [5.74, 6) is -0.890. The summed E-state index contributed by atoms with van der Waals surface area (Å²) in [6, 6.07) is 14.1. The molecule has 4 heteroatoms. The van der Waals surface area contributed by atoms with Crippen molar-refractivity contribution in [1.82, 2.24) is 0 Å². The van der Waals surface area contributed by atoms with Crippen molar-refractivity contribution in [2.24, 2.45) is 0 Å². The Hall–Kier alpha value is -2.62. The number of hydrogen-bond acceptors (Lipinski definition) is 4. The SMILES string of the molecule is CC.COC(=O)c1ccc(C(=O)OC)c(-c2ccccc2)c1. The van der Waals surface area contributed by atoms with Crippen molar-refractivity contribution in [1.29, 1.82) is 0 Å². The lowest BCUT2D eigenvalue weighted by Gasteiger charge is -2.10. The molecular weight excluding hydrogens is 280 g/mol. The van der Waals surface area contributed by atoms with E-state index in [0.717, 1.165) is 5.56 Å². The Bertz CT molecular complexity index is 633. The maximum Gasteiger partial charge on any atom is 0.338 e. The standard InChI is InChI=1S/C16H14O4.C2H6/c1-19-15(17)12-8-9-13(16(18)20-2)14(10-12)11-6-4-3-5-7-11;1-2/h3-10H,1-2H3;1-2H3.